The van der Waals surface area contributed by atoms with Gasteiger partial charge in [0.15, 0.2) is 8.32 Å². The lowest BCUT2D eigenvalue weighted by Crippen LogP contribution is -2.69. The van der Waals surface area contributed by atoms with E-state index >= 15 is 0 Å². The number of hydrogen-bond donors (Lipinski definition) is 1. The van der Waals surface area contributed by atoms with Crippen molar-refractivity contribution in [3.8, 4) is 5.75 Å². The maximum absolute atomic E-state index is 10.0. The number of phenolic OH excluding ortho intramolecular Hbond substituents is 1. The van der Waals surface area contributed by atoms with E-state index in [9.17, 15) is 5.11 Å². The van der Waals surface area contributed by atoms with E-state index in [2.05, 4.69) is 39.6 Å². The predicted octanol–water partition coefficient (Wildman–Crippen LogP) is 7.51. The summed E-state index contributed by atoms with van der Waals surface area (Å²) in [7, 11) is -4.71. The van der Waals surface area contributed by atoms with Crippen LogP contribution in [0.2, 0.25) is 40.8 Å². The molecule has 2 saturated heterocycles. The standard InChI is InChI=1S/C26H47NO4Si3/c1-7-23-19-25-20-24(8-2)33(11-5,29-6)31-34(25,30-32(23,9-3)10-4)18-14-17-27-21-22-15-12-13-16-26(22)28/h12-13,15-16,21,23-25,28H,7-11,14,17-20H2,1-6H3. The summed E-state index contributed by atoms with van der Waals surface area (Å²) in [6.45, 7) is 12.4. The Hall–Kier alpha value is -0.779. The molecular weight excluding hydrogens is 475 g/mol. The van der Waals surface area contributed by atoms with Crippen molar-refractivity contribution < 1.29 is 17.8 Å². The molecule has 1 N–H and O–H groups in total. The van der Waals surface area contributed by atoms with Crippen molar-refractivity contribution in [3.63, 3.8) is 0 Å². The second-order valence-electron chi connectivity index (χ2n) is 10.2. The molecule has 0 bridgehead atoms. The second-order valence-corrected chi connectivity index (χ2v) is 22.7. The molecule has 0 saturated carbocycles. The van der Waals surface area contributed by atoms with Gasteiger partial charge in [-0.15, -0.1) is 0 Å². The number of rotatable bonds is 11. The van der Waals surface area contributed by atoms with Crippen LogP contribution in [0.5, 0.6) is 5.75 Å². The largest absolute Gasteiger partial charge is 0.507 e. The molecule has 2 aliphatic rings. The highest BCUT2D eigenvalue weighted by Crippen LogP contribution is 2.59. The maximum atomic E-state index is 10.0. The maximum Gasteiger partial charge on any atom is 0.332 e. The highest BCUT2D eigenvalue weighted by molar-refractivity contribution is 6.92. The topological polar surface area (TPSA) is 60.3 Å². The van der Waals surface area contributed by atoms with Crippen molar-refractivity contribution in [3.05, 3.63) is 29.8 Å². The predicted molar refractivity (Wildman–Crippen MR) is 149 cm³/mol. The van der Waals surface area contributed by atoms with Crippen molar-refractivity contribution in [2.75, 3.05) is 13.7 Å². The van der Waals surface area contributed by atoms with Gasteiger partial charge in [-0.3, -0.25) is 4.99 Å². The zero-order valence-electron chi connectivity index (χ0n) is 22.3. The fourth-order valence-electron chi connectivity index (χ4n) is 6.71. The molecule has 34 heavy (non-hydrogen) atoms. The molecule has 0 aromatic heterocycles. The van der Waals surface area contributed by atoms with Crippen LogP contribution in [0, 0.1) is 0 Å². The average molecular weight is 522 g/mol. The van der Waals surface area contributed by atoms with Crippen molar-refractivity contribution in [1.29, 1.82) is 0 Å². The summed E-state index contributed by atoms with van der Waals surface area (Å²) in [4.78, 5) is 4.65. The van der Waals surface area contributed by atoms with Gasteiger partial charge >= 0.3 is 17.1 Å². The van der Waals surface area contributed by atoms with Gasteiger partial charge in [0.25, 0.3) is 0 Å². The normalized spacial score (nSPS) is 33.2. The van der Waals surface area contributed by atoms with E-state index < -0.39 is 25.4 Å². The van der Waals surface area contributed by atoms with Gasteiger partial charge in [-0.25, -0.2) is 0 Å². The highest BCUT2D eigenvalue weighted by atomic mass is 28.5. The van der Waals surface area contributed by atoms with E-state index in [0.717, 1.165) is 42.6 Å². The fraction of sp³-hybridized carbons (Fsp3) is 0.731. The monoisotopic (exact) mass is 521 g/mol. The van der Waals surface area contributed by atoms with Gasteiger partial charge in [0, 0.05) is 36.5 Å². The van der Waals surface area contributed by atoms with E-state index in [4.69, 9.17) is 12.7 Å². The summed E-state index contributed by atoms with van der Waals surface area (Å²) < 4.78 is 21.2. The summed E-state index contributed by atoms with van der Waals surface area (Å²) in [5.41, 5.74) is 2.65. The van der Waals surface area contributed by atoms with Crippen LogP contribution in [0.3, 0.4) is 0 Å². The number of para-hydroxylation sites is 1. The molecule has 3 rings (SSSR count). The molecule has 2 fully saturated rings. The molecule has 0 amide bonds. The van der Waals surface area contributed by atoms with Gasteiger partial charge in [-0.2, -0.15) is 0 Å². The zero-order valence-corrected chi connectivity index (χ0v) is 25.3. The number of phenols is 1. The molecule has 0 aliphatic carbocycles. The van der Waals surface area contributed by atoms with Gasteiger partial charge in [-0.05, 0) is 61.1 Å². The van der Waals surface area contributed by atoms with Gasteiger partial charge in [-0.1, -0.05) is 59.6 Å². The minimum Gasteiger partial charge on any atom is -0.507 e. The van der Waals surface area contributed by atoms with Gasteiger partial charge in [0.1, 0.15) is 5.75 Å². The van der Waals surface area contributed by atoms with Crippen LogP contribution in [0.4, 0.5) is 0 Å². The minimum atomic E-state index is -2.44. The Bertz CT molecular complexity index is 781. The lowest BCUT2D eigenvalue weighted by atomic mass is 10.1. The molecule has 0 radical (unpaired) electrons. The van der Waals surface area contributed by atoms with Crippen LogP contribution < -0.4 is 0 Å². The van der Waals surface area contributed by atoms with Crippen LogP contribution in [0.25, 0.3) is 0 Å². The van der Waals surface area contributed by atoms with E-state index in [1.807, 2.05) is 25.3 Å². The van der Waals surface area contributed by atoms with Crippen molar-refractivity contribution >= 4 is 31.7 Å². The van der Waals surface area contributed by atoms with Gasteiger partial charge in [0.2, 0.25) is 0 Å². The molecule has 0 spiro atoms. The zero-order chi connectivity index (χ0) is 24.8. The van der Waals surface area contributed by atoms with Crippen LogP contribution in [0.1, 0.15) is 72.3 Å². The van der Waals surface area contributed by atoms with E-state index in [1.165, 1.54) is 31.4 Å². The molecule has 2 aliphatic heterocycles. The highest BCUT2D eigenvalue weighted by Gasteiger charge is 2.65. The van der Waals surface area contributed by atoms with Crippen LogP contribution in [-0.4, -0.2) is 50.4 Å². The Labute approximate surface area is 211 Å². The summed E-state index contributed by atoms with van der Waals surface area (Å²) in [5.74, 6) is 0.280. The fourth-order valence-corrected chi connectivity index (χ4v) is 26.3. The number of aromatic hydroxyl groups is 1. The number of aliphatic imine (C=N–C) groups is 1. The quantitative estimate of drug-likeness (QED) is 0.186. The van der Waals surface area contributed by atoms with Crippen LogP contribution in [-0.2, 0) is 12.7 Å². The van der Waals surface area contributed by atoms with Crippen molar-refractivity contribution in [1.82, 2.24) is 0 Å². The smallest absolute Gasteiger partial charge is 0.332 e. The second kappa shape index (κ2) is 12.0. The van der Waals surface area contributed by atoms with Crippen molar-refractivity contribution in [2.24, 2.45) is 4.99 Å². The first-order valence-corrected chi connectivity index (χ1v) is 20.2. The first-order valence-electron chi connectivity index (χ1n) is 13.6. The third kappa shape index (κ3) is 5.32. The summed E-state index contributed by atoms with van der Waals surface area (Å²) in [5, 5.41) is 10.0. The van der Waals surface area contributed by atoms with Crippen LogP contribution >= 0.6 is 0 Å². The molecule has 1 aromatic carbocycles. The molecule has 5 nitrogen and oxygen atoms in total. The van der Waals surface area contributed by atoms with Gasteiger partial charge in [0.05, 0.1) is 0 Å². The Morgan fingerprint density at radius 1 is 1.00 bits per heavy atom. The Kier molecular flexibility index (Phi) is 9.79. The summed E-state index contributed by atoms with van der Waals surface area (Å²) >= 11 is 0. The third-order valence-electron chi connectivity index (χ3n) is 8.85. The lowest BCUT2D eigenvalue weighted by molar-refractivity contribution is 0.194. The molecule has 5 atom stereocenters. The Morgan fingerprint density at radius 2 is 1.68 bits per heavy atom. The number of hydrogen-bond acceptors (Lipinski definition) is 5. The average Bonchev–Trinajstić information content (AvgIpc) is 2.87. The minimum absolute atomic E-state index is 0.280. The van der Waals surface area contributed by atoms with Crippen LogP contribution in [0.15, 0.2) is 29.3 Å². The lowest BCUT2D eigenvalue weighted by Gasteiger charge is -2.60. The molecule has 8 heteroatoms. The first-order chi connectivity index (χ1) is 16.4. The third-order valence-corrected chi connectivity index (χ3v) is 25.5. The van der Waals surface area contributed by atoms with Crippen molar-refractivity contribution in [2.45, 2.75) is 108 Å². The molecule has 5 unspecified atom stereocenters. The van der Waals surface area contributed by atoms with E-state index in [1.54, 1.807) is 12.3 Å². The van der Waals surface area contributed by atoms with E-state index in [-0.39, 0.29) is 5.75 Å². The Morgan fingerprint density at radius 3 is 2.26 bits per heavy atom. The number of nitrogens with zero attached hydrogens (tertiary/aromatic N) is 1. The summed E-state index contributed by atoms with van der Waals surface area (Å²) in [6.07, 6.45) is 7.67. The van der Waals surface area contributed by atoms with E-state index in [0.29, 0.717) is 11.1 Å². The van der Waals surface area contributed by atoms with Gasteiger partial charge < -0.3 is 17.8 Å². The molecule has 1 aromatic rings. The first kappa shape index (κ1) is 27.8. The molecular formula is C26H47NO4Si3. The molecule has 2 heterocycles. The number of benzene rings is 1. The Balaban J connectivity index is 1.86. The molecule has 192 valence electrons. The number of fused-ring (bicyclic) bond motifs is 1. The summed E-state index contributed by atoms with van der Waals surface area (Å²) in [6, 6.07) is 11.7. The SMILES string of the molecule is CCC1CC2CC(CC)[Si](CC)(OC)O[Si]2(CCCN=Cc2ccccc2O)O[Si]1(CC)CC.